The van der Waals surface area contributed by atoms with Crippen LogP contribution >= 0.6 is 0 Å². The number of halogens is 3. The number of nitrogens with zero attached hydrogens (tertiary/aromatic N) is 2. The van der Waals surface area contributed by atoms with Crippen LogP contribution in [-0.4, -0.2) is 9.55 Å². The van der Waals surface area contributed by atoms with Crippen molar-refractivity contribution in [2.45, 2.75) is 33.0 Å². The van der Waals surface area contributed by atoms with Gasteiger partial charge in [-0.15, -0.1) is 0 Å². The Morgan fingerprint density at radius 1 is 1.30 bits per heavy atom. The molecule has 0 aliphatic heterocycles. The number of nitrogens with two attached hydrogens (primary N) is 1. The van der Waals surface area contributed by atoms with E-state index in [1.165, 1.54) is 6.07 Å². The summed E-state index contributed by atoms with van der Waals surface area (Å²) in [7, 11) is 0. The van der Waals surface area contributed by atoms with Crippen molar-refractivity contribution in [3.63, 3.8) is 0 Å². The molecule has 0 saturated carbocycles. The van der Waals surface area contributed by atoms with E-state index in [-0.39, 0.29) is 0 Å². The second kappa shape index (κ2) is 5.19. The summed E-state index contributed by atoms with van der Waals surface area (Å²) in [6.45, 7) is 4.50. The molecule has 0 bridgehead atoms. The second-order valence-electron chi connectivity index (χ2n) is 4.62. The number of anilines is 1. The zero-order valence-corrected chi connectivity index (χ0v) is 11.3. The molecule has 0 atom stereocenters. The zero-order chi connectivity index (χ0) is 14.9. The number of hydrogen-bond donors (Lipinski definition) is 1. The van der Waals surface area contributed by atoms with Gasteiger partial charge < -0.3 is 10.3 Å². The summed E-state index contributed by atoms with van der Waals surface area (Å²) >= 11 is 0. The van der Waals surface area contributed by atoms with Gasteiger partial charge in [-0.05, 0) is 25.5 Å². The lowest BCUT2D eigenvalue weighted by atomic mass is 10.1. The maximum atomic E-state index is 12.7. The summed E-state index contributed by atoms with van der Waals surface area (Å²) in [6.07, 6.45) is -3.49. The monoisotopic (exact) mass is 283 g/mol. The number of benzene rings is 1. The Bertz CT molecular complexity index is 615. The maximum absolute atomic E-state index is 12.7. The molecule has 1 heterocycles. The van der Waals surface area contributed by atoms with Gasteiger partial charge in [-0.25, -0.2) is 4.98 Å². The molecule has 0 fully saturated rings. The molecule has 2 aromatic rings. The summed E-state index contributed by atoms with van der Waals surface area (Å²) in [6, 6.07) is 5.07. The van der Waals surface area contributed by atoms with Crippen LogP contribution < -0.4 is 5.73 Å². The van der Waals surface area contributed by atoms with E-state index in [4.69, 9.17) is 5.73 Å². The van der Waals surface area contributed by atoms with Gasteiger partial charge in [0.25, 0.3) is 0 Å². The van der Waals surface area contributed by atoms with Crippen molar-refractivity contribution in [3.05, 3.63) is 35.7 Å². The minimum Gasteiger partial charge on any atom is -0.383 e. The molecule has 2 rings (SSSR count). The van der Waals surface area contributed by atoms with E-state index in [9.17, 15) is 13.2 Å². The molecule has 1 aromatic heterocycles. The van der Waals surface area contributed by atoms with Crippen molar-refractivity contribution >= 4 is 5.82 Å². The number of aryl methyl sites for hydroxylation is 1. The highest BCUT2D eigenvalue weighted by Crippen LogP contribution is 2.33. The van der Waals surface area contributed by atoms with Gasteiger partial charge in [0, 0.05) is 12.1 Å². The smallest absolute Gasteiger partial charge is 0.383 e. The first kappa shape index (κ1) is 14.4. The van der Waals surface area contributed by atoms with E-state index in [0.717, 1.165) is 18.6 Å². The summed E-state index contributed by atoms with van der Waals surface area (Å²) in [5.74, 6) is 1.11. The van der Waals surface area contributed by atoms with Crippen LogP contribution in [-0.2, 0) is 12.7 Å². The van der Waals surface area contributed by atoms with Crippen LogP contribution in [0.25, 0.3) is 11.3 Å². The largest absolute Gasteiger partial charge is 0.416 e. The predicted molar refractivity (Wildman–Crippen MR) is 72.1 cm³/mol. The van der Waals surface area contributed by atoms with Crippen molar-refractivity contribution in [2.75, 3.05) is 5.73 Å². The molecule has 2 N–H and O–H groups in total. The molecule has 0 aliphatic rings. The van der Waals surface area contributed by atoms with E-state index in [1.807, 2.05) is 11.5 Å². The van der Waals surface area contributed by atoms with Crippen LogP contribution in [0.5, 0.6) is 0 Å². The third-order valence-electron chi connectivity index (χ3n) is 3.11. The number of nitrogen functional groups attached to an aromatic ring is 1. The van der Waals surface area contributed by atoms with Crippen molar-refractivity contribution in [2.24, 2.45) is 0 Å². The fourth-order valence-corrected chi connectivity index (χ4v) is 2.14. The molecule has 0 spiro atoms. The van der Waals surface area contributed by atoms with Gasteiger partial charge in [-0.3, -0.25) is 0 Å². The molecule has 0 unspecified atom stereocenters. The molecule has 6 heteroatoms. The van der Waals surface area contributed by atoms with E-state index < -0.39 is 11.7 Å². The minimum atomic E-state index is -4.37. The molecular weight excluding hydrogens is 267 g/mol. The predicted octanol–water partition coefficient (Wildman–Crippen LogP) is 3.87. The number of hydrogen-bond acceptors (Lipinski definition) is 2. The molecule has 108 valence electrons. The molecule has 0 radical (unpaired) electrons. The molecule has 0 aliphatic carbocycles. The third-order valence-corrected chi connectivity index (χ3v) is 3.11. The first-order valence-corrected chi connectivity index (χ1v) is 6.34. The van der Waals surface area contributed by atoms with Gasteiger partial charge in [-0.1, -0.05) is 19.1 Å². The van der Waals surface area contributed by atoms with Crippen molar-refractivity contribution < 1.29 is 13.2 Å². The average Bonchev–Trinajstić information content (AvgIpc) is 2.66. The van der Waals surface area contributed by atoms with Gasteiger partial charge in [-0.2, -0.15) is 13.2 Å². The number of imidazole rings is 1. The highest BCUT2D eigenvalue weighted by Gasteiger charge is 2.30. The van der Waals surface area contributed by atoms with Crippen LogP contribution in [0.15, 0.2) is 24.3 Å². The minimum absolute atomic E-state index is 0.385. The molecule has 0 saturated heterocycles. The first-order valence-electron chi connectivity index (χ1n) is 6.34. The number of rotatable bonds is 3. The van der Waals surface area contributed by atoms with Gasteiger partial charge in [0.15, 0.2) is 0 Å². The highest BCUT2D eigenvalue weighted by molar-refractivity contribution is 5.71. The van der Waals surface area contributed by atoms with Crippen molar-refractivity contribution in [1.82, 2.24) is 9.55 Å². The number of alkyl halides is 3. The van der Waals surface area contributed by atoms with Crippen LogP contribution in [0.2, 0.25) is 0 Å². The van der Waals surface area contributed by atoms with E-state index in [1.54, 1.807) is 13.0 Å². The Balaban J connectivity index is 2.50. The molecule has 1 aromatic carbocycles. The Hall–Kier alpha value is -1.98. The fourth-order valence-electron chi connectivity index (χ4n) is 2.14. The van der Waals surface area contributed by atoms with Gasteiger partial charge >= 0.3 is 6.18 Å². The van der Waals surface area contributed by atoms with Gasteiger partial charge in [0.2, 0.25) is 0 Å². The lowest BCUT2D eigenvalue weighted by Gasteiger charge is -2.08. The summed E-state index contributed by atoms with van der Waals surface area (Å²) in [5, 5.41) is 0. The van der Waals surface area contributed by atoms with Gasteiger partial charge in [0.1, 0.15) is 17.3 Å². The Kier molecular flexibility index (Phi) is 3.74. The third kappa shape index (κ3) is 2.64. The number of aromatic nitrogens is 2. The second-order valence-corrected chi connectivity index (χ2v) is 4.62. The van der Waals surface area contributed by atoms with Crippen molar-refractivity contribution in [3.8, 4) is 11.3 Å². The average molecular weight is 283 g/mol. The van der Waals surface area contributed by atoms with E-state index >= 15 is 0 Å². The fraction of sp³-hybridized carbons (Fsp3) is 0.357. The molecule has 0 amide bonds. The Morgan fingerprint density at radius 3 is 2.60 bits per heavy atom. The summed E-state index contributed by atoms with van der Waals surface area (Å²) in [4.78, 5) is 4.29. The van der Waals surface area contributed by atoms with Crippen LogP contribution in [0.4, 0.5) is 19.0 Å². The topological polar surface area (TPSA) is 43.8 Å². The van der Waals surface area contributed by atoms with Crippen LogP contribution in [0.3, 0.4) is 0 Å². The Labute approximate surface area is 115 Å². The lowest BCUT2D eigenvalue weighted by molar-refractivity contribution is -0.137. The standard InChI is InChI=1S/C14H16F3N3/c1-3-7-20-9(2)19-12(13(20)18)10-5-4-6-11(8-10)14(15,16)17/h4-6,8H,3,7,18H2,1-2H3. The maximum Gasteiger partial charge on any atom is 0.416 e. The van der Waals surface area contributed by atoms with E-state index in [2.05, 4.69) is 4.98 Å². The summed E-state index contributed by atoms with van der Waals surface area (Å²) in [5.41, 5.74) is 6.09. The van der Waals surface area contributed by atoms with Gasteiger partial charge in [0.05, 0.1) is 5.56 Å². The Morgan fingerprint density at radius 2 is 2.00 bits per heavy atom. The first-order chi connectivity index (χ1) is 9.34. The molecule has 20 heavy (non-hydrogen) atoms. The SMILES string of the molecule is CCCn1c(C)nc(-c2cccc(C(F)(F)F)c2)c1N. The molecular formula is C14H16F3N3. The van der Waals surface area contributed by atoms with E-state index in [0.29, 0.717) is 29.4 Å². The van der Waals surface area contributed by atoms with Crippen LogP contribution in [0.1, 0.15) is 24.7 Å². The van der Waals surface area contributed by atoms with Crippen LogP contribution in [0, 0.1) is 6.92 Å². The highest BCUT2D eigenvalue weighted by atomic mass is 19.4. The normalized spacial score (nSPS) is 11.8. The summed E-state index contributed by atoms with van der Waals surface area (Å²) < 4.78 is 40.0. The van der Waals surface area contributed by atoms with Crippen molar-refractivity contribution in [1.29, 1.82) is 0 Å². The quantitative estimate of drug-likeness (QED) is 0.929. The zero-order valence-electron chi connectivity index (χ0n) is 11.3. The molecule has 3 nitrogen and oxygen atoms in total. The lowest BCUT2D eigenvalue weighted by Crippen LogP contribution is -2.05.